The van der Waals surface area contributed by atoms with Gasteiger partial charge < -0.3 is 10.5 Å². The first-order chi connectivity index (χ1) is 8.04. The Morgan fingerprint density at radius 3 is 2.47 bits per heavy atom. The Bertz CT molecular complexity index is 424. The Hall–Kier alpha value is -0.730. The van der Waals surface area contributed by atoms with Gasteiger partial charge in [-0.3, -0.25) is 0 Å². The minimum atomic E-state index is 0.111. The zero-order valence-corrected chi connectivity index (χ0v) is 11.5. The number of benzene rings is 1. The SMILES string of the molecule is COc1c(C(C)C)cc(Cl)cc1C1(CN)CC1. The van der Waals surface area contributed by atoms with Gasteiger partial charge in [0.15, 0.2) is 0 Å². The van der Waals surface area contributed by atoms with Crippen LogP contribution in [0.5, 0.6) is 5.75 Å². The lowest BCUT2D eigenvalue weighted by Crippen LogP contribution is -2.21. The number of halogens is 1. The fraction of sp³-hybridized carbons (Fsp3) is 0.571. The largest absolute Gasteiger partial charge is 0.496 e. The molecule has 0 atom stereocenters. The van der Waals surface area contributed by atoms with Crippen LogP contribution in [-0.4, -0.2) is 13.7 Å². The third-order valence-electron chi connectivity index (χ3n) is 3.72. The van der Waals surface area contributed by atoms with Crippen molar-refractivity contribution in [2.75, 3.05) is 13.7 Å². The summed E-state index contributed by atoms with van der Waals surface area (Å²) >= 11 is 6.22. The molecule has 1 aliphatic rings. The fourth-order valence-electron chi connectivity index (χ4n) is 2.40. The molecule has 0 saturated heterocycles. The lowest BCUT2D eigenvalue weighted by atomic mass is 9.90. The van der Waals surface area contributed by atoms with E-state index in [9.17, 15) is 0 Å². The van der Waals surface area contributed by atoms with Crippen molar-refractivity contribution in [3.05, 3.63) is 28.3 Å². The lowest BCUT2D eigenvalue weighted by Gasteiger charge is -2.22. The summed E-state index contributed by atoms with van der Waals surface area (Å²) in [7, 11) is 1.73. The fourth-order valence-corrected chi connectivity index (χ4v) is 2.63. The van der Waals surface area contributed by atoms with Crippen LogP contribution in [0.25, 0.3) is 0 Å². The van der Waals surface area contributed by atoms with Gasteiger partial charge in [0.1, 0.15) is 5.75 Å². The summed E-state index contributed by atoms with van der Waals surface area (Å²) in [5.41, 5.74) is 8.38. The van der Waals surface area contributed by atoms with Crippen molar-refractivity contribution >= 4 is 11.6 Å². The summed E-state index contributed by atoms with van der Waals surface area (Å²) < 4.78 is 5.61. The van der Waals surface area contributed by atoms with Crippen molar-refractivity contribution in [2.45, 2.75) is 38.0 Å². The minimum absolute atomic E-state index is 0.111. The molecule has 0 radical (unpaired) electrons. The van der Waals surface area contributed by atoms with Crippen molar-refractivity contribution in [1.82, 2.24) is 0 Å². The minimum Gasteiger partial charge on any atom is -0.496 e. The zero-order chi connectivity index (χ0) is 12.6. The molecule has 1 fully saturated rings. The van der Waals surface area contributed by atoms with Gasteiger partial charge in [0, 0.05) is 22.5 Å². The molecule has 0 heterocycles. The molecule has 0 spiro atoms. The maximum atomic E-state index is 6.22. The monoisotopic (exact) mass is 253 g/mol. The molecule has 1 aromatic rings. The number of nitrogens with two attached hydrogens (primary N) is 1. The van der Waals surface area contributed by atoms with Crippen LogP contribution in [0, 0.1) is 0 Å². The number of hydrogen-bond donors (Lipinski definition) is 1. The molecule has 0 aliphatic heterocycles. The molecule has 1 aromatic carbocycles. The normalized spacial score (nSPS) is 17.3. The Morgan fingerprint density at radius 1 is 1.41 bits per heavy atom. The zero-order valence-electron chi connectivity index (χ0n) is 10.7. The molecule has 17 heavy (non-hydrogen) atoms. The highest BCUT2D eigenvalue weighted by Gasteiger charge is 2.45. The van der Waals surface area contributed by atoms with E-state index in [-0.39, 0.29) is 5.41 Å². The summed E-state index contributed by atoms with van der Waals surface area (Å²) in [6, 6.07) is 4.02. The molecule has 2 rings (SSSR count). The van der Waals surface area contributed by atoms with E-state index in [4.69, 9.17) is 22.1 Å². The summed E-state index contributed by atoms with van der Waals surface area (Å²) in [4.78, 5) is 0. The highest BCUT2D eigenvalue weighted by molar-refractivity contribution is 6.30. The van der Waals surface area contributed by atoms with Gasteiger partial charge in [0.05, 0.1) is 7.11 Å². The van der Waals surface area contributed by atoms with Crippen LogP contribution in [0.3, 0.4) is 0 Å². The summed E-state index contributed by atoms with van der Waals surface area (Å²) in [6.45, 7) is 4.97. The second-order valence-corrected chi connectivity index (χ2v) is 5.65. The second-order valence-electron chi connectivity index (χ2n) is 5.21. The van der Waals surface area contributed by atoms with Crippen molar-refractivity contribution in [2.24, 2.45) is 5.73 Å². The van der Waals surface area contributed by atoms with E-state index in [0.717, 1.165) is 23.6 Å². The first-order valence-corrected chi connectivity index (χ1v) is 6.50. The molecule has 3 heteroatoms. The van der Waals surface area contributed by atoms with E-state index in [1.54, 1.807) is 7.11 Å². The van der Waals surface area contributed by atoms with Gasteiger partial charge in [0.2, 0.25) is 0 Å². The summed E-state index contributed by atoms with van der Waals surface area (Å²) in [5.74, 6) is 1.38. The van der Waals surface area contributed by atoms with Gasteiger partial charge in [-0.15, -0.1) is 0 Å². The van der Waals surface area contributed by atoms with Crippen molar-refractivity contribution < 1.29 is 4.74 Å². The highest BCUT2D eigenvalue weighted by atomic mass is 35.5. The Balaban J connectivity index is 2.58. The van der Waals surface area contributed by atoms with Gasteiger partial charge in [-0.2, -0.15) is 0 Å². The predicted octanol–water partition coefficient (Wildman–Crippen LogP) is 3.46. The van der Waals surface area contributed by atoms with E-state index in [1.807, 2.05) is 12.1 Å². The number of rotatable bonds is 4. The number of hydrogen-bond acceptors (Lipinski definition) is 2. The van der Waals surface area contributed by atoms with E-state index >= 15 is 0 Å². The lowest BCUT2D eigenvalue weighted by molar-refractivity contribution is 0.397. The number of methoxy groups -OCH3 is 1. The van der Waals surface area contributed by atoms with Crippen LogP contribution in [0.4, 0.5) is 0 Å². The topological polar surface area (TPSA) is 35.2 Å². The molecule has 0 bridgehead atoms. The van der Waals surface area contributed by atoms with E-state index in [0.29, 0.717) is 12.5 Å². The number of ether oxygens (including phenoxy) is 1. The van der Waals surface area contributed by atoms with Gasteiger partial charge in [0.25, 0.3) is 0 Å². The Morgan fingerprint density at radius 2 is 2.06 bits per heavy atom. The average Bonchev–Trinajstić information content (AvgIpc) is 3.08. The summed E-state index contributed by atoms with van der Waals surface area (Å²) in [5, 5.41) is 0.782. The van der Waals surface area contributed by atoms with E-state index in [1.165, 1.54) is 11.1 Å². The van der Waals surface area contributed by atoms with E-state index < -0.39 is 0 Å². The van der Waals surface area contributed by atoms with Crippen LogP contribution >= 0.6 is 11.6 Å². The second kappa shape index (κ2) is 4.51. The molecular weight excluding hydrogens is 234 g/mol. The third-order valence-corrected chi connectivity index (χ3v) is 3.94. The molecule has 0 amide bonds. The predicted molar refractivity (Wildman–Crippen MR) is 72.1 cm³/mol. The maximum absolute atomic E-state index is 6.22. The van der Waals surface area contributed by atoms with Gasteiger partial charge in [-0.1, -0.05) is 25.4 Å². The Labute approximate surface area is 108 Å². The van der Waals surface area contributed by atoms with Gasteiger partial charge in [-0.25, -0.2) is 0 Å². The highest BCUT2D eigenvalue weighted by Crippen LogP contribution is 2.52. The first-order valence-electron chi connectivity index (χ1n) is 6.12. The van der Waals surface area contributed by atoms with Gasteiger partial charge >= 0.3 is 0 Å². The summed E-state index contributed by atoms with van der Waals surface area (Å²) in [6.07, 6.45) is 2.27. The molecule has 2 N–H and O–H groups in total. The third kappa shape index (κ3) is 2.16. The van der Waals surface area contributed by atoms with Crippen LogP contribution < -0.4 is 10.5 Å². The van der Waals surface area contributed by atoms with Crippen LogP contribution in [0.1, 0.15) is 43.7 Å². The van der Waals surface area contributed by atoms with Crippen molar-refractivity contribution in [1.29, 1.82) is 0 Å². The molecule has 1 aliphatic carbocycles. The standard InChI is InChI=1S/C14H20ClNO/c1-9(2)11-6-10(15)7-12(13(11)17-3)14(8-16)4-5-14/h6-7,9H,4-5,8,16H2,1-3H3. The van der Waals surface area contributed by atoms with E-state index in [2.05, 4.69) is 13.8 Å². The quantitative estimate of drug-likeness (QED) is 0.892. The molecule has 0 unspecified atom stereocenters. The maximum Gasteiger partial charge on any atom is 0.126 e. The Kier molecular flexibility index (Phi) is 3.37. The molecule has 2 nitrogen and oxygen atoms in total. The molecule has 0 aromatic heterocycles. The van der Waals surface area contributed by atoms with Crippen molar-refractivity contribution in [3.8, 4) is 5.75 Å². The first kappa shape index (κ1) is 12.7. The molecular formula is C14H20ClNO. The van der Waals surface area contributed by atoms with Crippen LogP contribution in [0.15, 0.2) is 12.1 Å². The van der Waals surface area contributed by atoms with Crippen LogP contribution in [0.2, 0.25) is 5.02 Å². The van der Waals surface area contributed by atoms with Crippen molar-refractivity contribution in [3.63, 3.8) is 0 Å². The molecule has 94 valence electrons. The van der Waals surface area contributed by atoms with Gasteiger partial charge in [-0.05, 0) is 36.5 Å². The smallest absolute Gasteiger partial charge is 0.126 e. The molecule has 1 saturated carbocycles. The average molecular weight is 254 g/mol. The van der Waals surface area contributed by atoms with Crippen LogP contribution in [-0.2, 0) is 5.41 Å².